The second-order valence-corrected chi connectivity index (χ2v) is 8.54. The van der Waals surface area contributed by atoms with Crippen molar-refractivity contribution in [2.75, 3.05) is 12.1 Å². The van der Waals surface area contributed by atoms with Crippen LogP contribution in [0.1, 0.15) is 43.7 Å². The number of carbonyl (C=O) groups excluding carboxylic acids is 2. The molecule has 35 heavy (non-hydrogen) atoms. The van der Waals surface area contributed by atoms with Crippen LogP contribution < -0.4 is 25.3 Å². The molecule has 9 nitrogen and oxygen atoms in total. The van der Waals surface area contributed by atoms with Crippen LogP contribution in [-0.4, -0.2) is 23.6 Å². The number of carbonyl (C=O) groups is 2. The van der Waals surface area contributed by atoms with Crippen molar-refractivity contribution in [3.8, 4) is 17.2 Å². The van der Waals surface area contributed by atoms with Crippen molar-refractivity contribution in [1.82, 2.24) is 4.98 Å². The number of hydrogen-bond acceptors (Lipinski definition) is 8. The fourth-order valence-electron chi connectivity index (χ4n) is 3.59. The quantitative estimate of drug-likeness (QED) is 0.373. The maximum Gasteiger partial charge on any atom is 0.291 e. The van der Waals surface area contributed by atoms with Gasteiger partial charge in [-0.15, -0.1) is 11.3 Å². The van der Waals surface area contributed by atoms with E-state index in [9.17, 15) is 18.4 Å². The highest BCUT2D eigenvalue weighted by molar-refractivity contribution is 7.21. The lowest BCUT2D eigenvalue weighted by Gasteiger charge is -2.07. The molecule has 0 spiro atoms. The van der Waals surface area contributed by atoms with Gasteiger partial charge in [0.25, 0.3) is 18.2 Å². The molecule has 1 aliphatic rings. The van der Waals surface area contributed by atoms with Crippen molar-refractivity contribution >= 4 is 39.1 Å². The minimum Gasteiger partial charge on any atom is -0.486 e. The molecule has 1 aromatic carbocycles. The summed E-state index contributed by atoms with van der Waals surface area (Å²) < 4.78 is 48.1. The van der Waals surface area contributed by atoms with Crippen molar-refractivity contribution < 1.29 is 37.0 Å². The number of alkyl halides is 2. The number of anilines is 1. The number of nitrogens with zero attached hydrogens (tertiary/aromatic N) is 1. The van der Waals surface area contributed by atoms with Gasteiger partial charge in [0.05, 0.1) is 5.69 Å². The van der Waals surface area contributed by atoms with Crippen LogP contribution in [0.5, 0.6) is 17.2 Å². The summed E-state index contributed by atoms with van der Waals surface area (Å²) in [6, 6.07) is 9.35. The summed E-state index contributed by atoms with van der Waals surface area (Å²) in [6.07, 6.45) is -2.78. The van der Waals surface area contributed by atoms with E-state index in [1.54, 1.807) is 31.2 Å². The zero-order valence-corrected chi connectivity index (χ0v) is 18.9. The smallest absolute Gasteiger partial charge is 0.291 e. The van der Waals surface area contributed by atoms with Crippen molar-refractivity contribution in [3.05, 3.63) is 64.1 Å². The molecule has 0 unspecified atom stereocenters. The Morgan fingerprint density at radius 1 is 1.20 bits per heavy atom. The van der Waals surface area contributed by atoms with Gasteiger partial charge in [0.2, 0.25) is 6.79 Å². The van der Waals surface area contributed by atoms with Gasteiger partial charge in [0, 0.05) is 11.5 Å². The first-order valence-corrected chi connectivity index (χ1v) is 11.1. The van der Waals surface area contributed by atoms with Gasteiger partial charge in [0.1, 0.15) is 33.5 Å². The zero-order chi connectivity index (χ0) is 24.7. The number of nitrogens with one attached hydrogen (secondary N) is 1. The molecular formula is C23H17F2N3O6S. The van der Waals surface area contributed by atoms with E-state index in [-0.39, 0.29) is 34.6 Å². The Bertz CT molecular complexity index is 1470. The highest BCUT2D eigenvalue weighted by atomic mass is 32.1. The topological polar surface area (TPSA) is 126 Å². The Balaban J connectivity index is 1.35. The average molecular weight is 501 g/mol. The highest BCUT2D eigenvalue weighted by Crippen LogP contribution is 2.39. The van der Waals surface area contributed by atoms with E-state index >= 15 is 0 Å². The van der Waals surface area contributed by atoms with Gasteiger partial charge in [-0.25, -0.2) is 13.8 Å². The molecule has 0 radical (unpaired) electrons. The molecule has 0 atom stereocenters. The highest BCUT2D eigenvalue weighted by Gasteiger charge is 2.24. The van der Waals surface area contributed by atoms with Crippen molar-refractivity contribution in [2.24, 2.45) is 5.73 Å². The second kappa shape index (κ2) is 8.87. The standard InChI is InChI=1S/C23H17F2N3O6S/c1-10-6-13(20(24)25)27-23-17(10)18(19(35-23)21(26)29)28-22(30)15-5-3-12(34-15)8-31-11-2-4-14-16(7-11)33-9-32-14/h2-7,20H,8-9H2,1H3,(H2,26,29)(H,28,30). The lowest BCUT2D eigenvalue weighted by molar-refractivity contribution is 0.0992. The lowest BCUT2D eigenvalue weighted by atomic mass is 10.1. The molecule has 180 valence electrons. The van der Waals surface area contributed by atoms with Crippen LogP contribution in [0.2, 0.25) is 0 Å². The monoisotopic (exact) mass is 501 g/mol. The van der Waals surface area contributed by atoms with Gasteiger partial charge in [-0.1, -0.05) is 0 Å². The van der Waals surface area contributed by atoms with Crippen LogP contribution in [0.25, 0.3) is 10.2 Å². The van der Waals surface area contributed by atoms with E-state index in [4.69, 9.17) is 24.4 Å². The number of primary amides is 1. The van der Waals surface area contributed by atoms with Gasteiger partial charge in [-0.3, -0.25) is 9.59 Å². The molecule has 5 rings (SSSR count). The van der Waals surface area contributed by atoms with E-state index in [2.05, 4.69) is 10.3 Å². The first-order chi connectivity index (χ1) is 16.8. The van der Waals surface area contributed by atoms with Gasteiger partial charge in [-0.2, -0.15) is 0 Å². The minimum absolute atomic E-state index is 0.00622. The number of pyridine rings is 1. The number of amides is 2. The summed E-state index contributed by atoms with van der Waals surface area (Å²) in [6.45, 7) is 1.77. The van der Waals surface area contributed by atoms with Crippen LogP contribution >= 0.6 is 11.3 Å². The molecule has 12 heteroatoms. The van der Waals surface area contributed by atoms with Crippen LogP contribution in [0.3, 0.4) is 0 Å². The lowest BCUT2D eigenvalue weighted by Crippen LogP contribution is -2.16. The number of halogens is 2. The van der Waals surface area contributed by atoms with Crippen molar-refractivity contribution in [2.45, 2.75) is 20.0 Å². The summed E-state index contributed by atoms with van der Waals surface area (Å²) in [5.41, 5.74) is 5.55. The fourth-order valence-corrected chi connectivity index (χ4v) is 4.65. The van der Waals surface area contributed by atoms with E-state index < -0.39 is 23.9 Å². The number of nitrogens with two attached hydrogens (primary N) is 1. The van der Waals surface area contributed by atoms with Gasteiger partial charge < -0.3 is 29.7 Å². The van der Waals surface area contributed by atoms with Crippen molar-refractivity contribution in [1.29, 1.82) is 0 Å². The predicted octanol–water partition coefficient (Wildman–Crippen LogP) is 4.79. The van der Waals surface area contributed by atoms with Crippen LogP contribution in [0, 0.1) is 6.92 Å². The molecule has 4 heterocycles. The Morgan fingerprint density at radius 2 is 2.00 bits per heavy atom. The first kappa shape index (κ1) is 22.6. The number of benzene rings is 1. The third-order valence-corrected chi connectivity index (χ3v) is 6.27. The van der Waals surface area contributed by atoms with E-state index in [0.29, 0.717) is 34.0 Å². The molecule has 0 bridgehead atoms. The number of furan rings is 1. The molecule has 0 saturated heterocycles. The Hall–Kier alpha value is -4.19. The van der Waals surface area contributed by atoms with E-state index in [0.717, 1.165) is 11.3 Å². The second-order valence-electron chi connectivity index (χ2n) is 7.54. The van der Waals surface area contributed by atoms with Gasteiger partial charge in [0.15, 0.2) is 17.3 Å². The number of hydrogen-bond donors (Lipinski definition) is 2. The molecule has 0 aliphatic carbocycles. The fraction of sp³-hybridized carbons (Fsp3) is 0.174. The third-order valence-electron chi connectivity index (χ3n) is 5.18. The third kappa shape index (κ3) is 4.35. The number of aromatic nitrogens is 1. The number of thiophene rings is 1. The summed E-state index contributed by atoms with van der Waals surface area (Å²) in [4.78, 5) is 28.9. The Labute approximate surface area is 200 Å². The molecule has 3 N–H and O–H groups in total. The number of rotatable bonds is 7. The van der Waals surface area contributed by atoms with Crippen LogP contribution in [-0.2, 0) is 6.61 Å². The van der Waals surface area contributed by atoms with Gasteiger partial charge in [-0.05, 0) is 42.8 Å². The Kier molecular flexibility index (Phi) is 5.73. The minimum atomic E-state index is -2.78. The number of ether oxygens (including phenoxy) is 3. The number of aryl methyl sites for hydroxylation is 1. The molecule has 0 saturated carbocycles. The summed E-state index contributed by atoms with van der Waals surface area (Å²) >= 11 is 0.831. The molecule has 2 amide bonds. The average Bonchev–Trinajstić information content (AvgIpc) is 3.55. The SMILES string of the molecule is Cc1cc(C(F)F)nc2sc(C(N)=O)c(NC(=O)c3ccc(COc4ccc5c(c4)OCO5)o3)c12. The number of fused-ring (bicyclic) bond motifs is 2. The van der Waals surface area contributed by atoms with Gasteiger partial charge >= 0.3 is 0 Å². The van der Waals surface area contributed by atoms with Crippen LogP contribution in [0.15, 0.2) is 40.8 Å². The molecule has 3 aromatic heterocycles. The molecule has 4 aromatic rings. The van der Waals surface area contributed by atoms with E-state index in [1.807, 2.05) is 0 Å². The van der Waals surface area contributed by atoms with Crippen molar-refractivity contribution in [3.63, 3.8) is 0 Å². The zero-order valence-electron chi connectivity index (χ0n) is 18.1. The maximum absolute atomic E-state index is 13.2. The largest absolute Gasteiger partial charge is 0.486 e. The summed E-state index contributed by atoms with van der Waals surface area (Å²) in [7, 11) is 0. The predicted molar refractivity (Wildman–Crippen MR) is 121 cm³/mol. The molecule has 1 aliphatic heterocycles. The van der Waals surface area contributed by atoms with Crippen LogP contribution in [0.4, 0.5) is 14.5 Å². The maximum atomic E-state index is 13.2. The normalized spacial score (nSPS) is 12.3. The molecular weight excluding hydrogens is 484 g/mol. The molecule has 0 fully saturated rings. The summed E-state index contributed by atoms with van der Waals surface area (Å²) in [5, 5.41) is 2.97. The van der Waals surface area contributed by atoms with E-state index in [1.165, 1.54) is 12.1 Å². The Morgan fingerprint density at radius 3 is 2.77 bits per heavy atom. The first-order valence-electron chi connectivity index (χ1n) is 10.2. The summed E-state index contributed by atoms with van der Waals surface area (Å²) in [5.74, 6) is 0.578.